The van der Waals surface area contributed by atoms with Crippen molar-refractivity contribution in [3.8, 4) is 5.75 Å². The van der Waals surface area contributed by atoms with Crippen LogP contribution in [0.5, 0.6) is 5.75 Å². The number of nitrogens with zero attached hydrogens (tertiary/aromatic N) is 4. The number of aromatic hydroxyl groups is 1. The lowest BCUT2D eigenvalue weighted by molar-refractivity contribution is -0.116. The number of phenols is 1. The number of hydrogen-bond acceptors (Lipinski definition) is 5. The number of amides is 1. The van der Waals surface area contributed by atoms with Crippen LogP contribution in [0.1, 0.15) is 0 Å². The van der Waals surface area contributed by atoms with Crippen LogP contribution >= 0.6 is 0 Å². The normalized spacial score (nSPS) is 10.0. The Kier molecular flexibility index (Phi) is 2.77. The first kappa shape index (κ1) is 10.1. The molecular formula is C9H9N5O2. The van der Waals surface area contributed by atoms with Gasteiger partial charge in [-0.1, -0.05) is 0 Å². The van der Waals surface area contributed by atoms with E-state index < -0.39 is 0 Å². The maximum absolute atomic E-state index is 11.5. The zero-order chi connectivity index (χ0) is 11.4. The number of hydrogen-bond donors (Lipinski definition) is 2. The van der Waals surface area contributed by atoms with Crippen molar-refractivity contribution in [3.63, 3.8) is 0 Å². The van der Waals surface area contributed by atoms with Gasteiger partial charge in [-0.25, -0.2) is 4.68 Å². The van der Waals surface area contributed by atoms with Crippen molar-refractivity contribution < 1.29 is 9.90 Å². The number of phenolic OH excluding ortho intramolecular Hbond substituents is 1. The van der Waals surface area contributed by atoms with Crippen molar-refractivity contribution in [2.75, 3.05) is 5.32 Å². The second kappa shape index (κ2) is 4.39. The van der Waals surface area contributed by atoms with Crippen molar-refractivity contribution in [1.29, 1.82) is 0 Å². The minimum atomic E-state index is -0.238. The topological polar surface area (TPSA) is 92.9 Å². The molecule has 0 aliphatic rings. The Balaban J connectivity index is 1.95. The molecule has 1 aromatic heterocycles. The maximum atomic E-state index is 11.5. The van der Waals surface area contributed by atoms with Gasteiger partial charge in [-0.2, -0.15) is 0 Å². The van der Waals surface area contributed by atoms with E-state index >= 15 is 0 Å². The van der Waals surface area contributed by atoms with Gasteiger partial charge in [0, 0.05) is 5.69 Å². The van der Waals surface area contributed by atoms with Gasteiger partial charge in [0.2, 0.25) is 5.91 Å². The number of tetrazole rings is 1. The molecule has 0 saturated heterocycles. The SMILES string of the molecule is O=C(Cn1cnnn1)Nc1ccc(O)cc1. The summed E-state index contributed by atoms with van der Waals surface area (Å²) >= 11 is 0. The minimum absolute atomic E-state index is 0.0495. The van der Waals surface area contributed by atoms with E-state index in [2.05, 4.69) is 20.8 Å². The van der Waals surface area contributed by atoms with Gasteiger partial charge in [0.25, 0.3) is 0 Å². The highest BCUT2D eigenvalue weighted by Gasteiger charge is 2.04. The van der Waals surface area contributed by atoms with Crippen LogP contribution in [0.25, 0.3) is 0 Å². The quantitative estimate of drug-likeness (QED) is 0.710. The van der Waals surface area contributed by atoms with Crippen molar-refractivity contribution in [2.24, 2.45) is 0 Å². The van der Waals surface area contributed by atoms with Crippen LogP contribution in [0.3, 0.4) is 0 Å². The predicted molar refractivity (Wildman–Crippen MR) is 54.6 cm³/mol. The second-order valence-corrected chi connectivity index (χ2v) is 3.10. The number of carbonyl (C=O) groups is 1. The number of benzene rings is 1. The molecule has 1 heterocycles. The van der Waals surface area contributed by atoms with Gasteiger partial charge >= 0.3 is 0 Å². The van der Waals surface area contributed by atoms with E-state index in [0.29, 0.717) is 5.69 Å². The highest BCUT2D eigenvalue weighted by atomic mass is 16.3. The average Bonchev–Trinajstić information content (AvgIpc) is 2.74. The number of rotatable bonds is 3. The van der Waals surface area contributed by atoms with E-state index in [1.165, 1.54) is 23.1 Å². The van der Waals surface area contributed by atoms with Crippen molar-refractivity contribution in [1.82, 2.24) is 20.2 Å². The molecule has 1 amide bonds. The number of aromatic nitrogens is 4. The largest absolute Gasteiger partial charge is 0.508 e. The van der Waals surface area contributed by atoms with E-state index in [-0.39, 0.29) is 18.2 Å². The molecule has 2 aromatic rings. The molecule has 0 atom stereocenters. The Hall–Kier alpha value is -2.44. The summed E-state index contributed by atoms with van der Waals surface area (Å²) in [4.78, 5) is 11.5. The van der Waals surface area contributed by atoms with Crippen LogP contribution < -0.4 is 5.32 Å². The molecular weight excluding hydrogens is 210 g/mol. The van der Waals surface area contributed by atoms with Gasteiger partial charge in [-0.05, 0) is 34.7 Å². The Bertz CT molecular complexity index is 465. The summed E-state index contributed by atoms with van der Waals surface area (Å²) in [5.74, 6) is -0.0866. The first-order valence-electron chi connectivity index (χ1n) is 4.54. The van der Waals surface area contributed by atoms with Gasteiger partial charge in [-0.3, -0.25) is 4.79 Å². The summed E-state index contributed by atoms with van der Waals surface area (Å²) in [6.45, 7) is 0.0495. The highest BCUT2D eigenvalue weighted by Crippen LogP contribution is 2.13. The minimum Gasteiger partial charge on any atom is -0.508 e. The molecule has 0 aliphatic carbocycles. The summed E-state index contributed by atoms with van der Waals surface area (Å²) in [6.07, 6.45) is 1.36. The van der Waals surface area contributed by atoms with E-state index in [1.54, 1.807) is 12.1 Å². The van der Waals surface area contributed by atoms with Crippen LogP contribution in [0.4, 0.5) is 5.69 Å². The fraction of sp³-hybridized carbons (Fsp3) is 0.111. The maximum Gasteiger partial charge on any atom is 0.246 e. The third kappa shape index (κ3) is 2.53. The van der Waals surface area contributed by atoms with Crippen LogP contribution in [-0.4, -0.2) is 31.2 Å². The smallest absolute Gasteiger partial charge is 0.246 e. The standard InChI is InChI=1S/C9H9N5O2/c15-8-3-1-7(2-4-8)11-9(16)5-14-6-10-12-13-14/h1-4,6,15H,5H2,(H,11,16). The summed E-state index contributed by atoms with van der Waals surface area (Å²) in [7, 11) is 0. The lowest BCUT2D eigenvalue weighted by Gasteiger charge is -2.04. The number of nitrogens with one attached hydrogen (secondary N) is 1. The molecule has 2 rings (SSSR count). The van der Waals surface area contributed by atoms with Crippen molar-refractivity contribution >= 4 is 11.6 Å². The van der Waals surface area contributed by atoms with Gasteiger partial charge in [0.15, 0.2) is 0 Å². The molecule has 0 fully saturated rings. The third-order valence-corrected chi connectivity index (χ3v) is 1.85. The molecule has 0 unspecified atom stereocenters. The molecule has 0 bridgehead atoms. The first-order chi connectivity index (χ1) is 7.74. The molecule has 16 heavy (non-hydrogen) atoms. The van der Waals surface area contributed by atoms with E-state index in [4.69, 9.17) is 5.11 Å². The third-order valence-electron chi connectivity index (χ3n) is 1.85. The Labute approximate surface area is 90.7 Å². The van der Waals surface area contributed by atoms with Crippen molar-refractivity contribution in [2.45, 2.75) is 6.54 Å². The Morgan fingerprint density at radius 1 is 1.38 bits per heavy atom. The fourth-order valence-corrected chi connectivity index (χ4v) is 1.15. The Morgan fingerprint density at radius 2 is 2.12 bits per heavy atom. The van der Waals surface area contributed by atoms with Crippen LogP contribution in [-0.2, 0) is 11.3 Å². The first-order valence-corrected chi connectivity index (χ1v) is 4.54. The molecule has 0 saturated carbocycles. The number of carbonyl (C=O) groups excluding carboxylic acids is 1. The molecule has 2 N–H and O–H groups in total. The van der Waals surface area contributed by atoms with Crippen LogP contribution in [0.15, 0.2) is 30.6 Å². The summed E-state index contributed by atoms with van der Waals surface area (Å²) < 4.78 is 1.32. The average molecular weight is 219 g/mol. The molecule has 82 valence electrons. The zero-order valence-corrected chi connectivity index (χ0v) is 8.24. The lowest BCUT2D eigenvalue weighted by Crippen LogP contribution is -2.19. The fourth-order valence-electron chi connectivity index (χ4n) is 1.15. The molecule has 1 aromatic carbocycles. The molecule has 7 heteroatoms. The number of anilines is 1. The predicted octanol–water partition coefficient (Wildman–Crippen LogP) is 0.0174. The summed E-state index contributed by atoms with van der Waals surface area (Å²) in [5.41, 5.74) is 0.607. The van der Waals surface area contributed by atoms with Gasteiger partial charge in [-0.15, -0.1) is 5.10 Å². The summed E-state index contributed by atoms with van der Waals surface area (Å²) in [5, 5.41) is 22.1. The van der Waals surface area contributed by atoms with Crippen molar-refractivity contribution in [3.05, 3.63) is 30.6 Å². The monoisotopic (exact) mass is 219 g/mol. The lowest BCUT2D eigenvalue weighted by atomic mass is 10.3. The van der Waals surface area contributed by atoms with E-state index in [1.807, 2.05) is 0 Å². The van der Waals surface area contributed by atoms with Gasteiger partial charge in [0.1, 0.15) is 18.6 Å². The Morgan fingerprint density at radius 3 is 2.75 bits per heavy atom. The van der Waals surface area contributed by atoms with Crippen LogP contribution in [0.2, 0.25) is 0 Å². The zero-order valence-electron chi connectivity index (χ0n) is 8.24. The van der Waals surface area contributed by atoms with Crippen LogP contribution in [0, 0.1) is 0 Å². The molecule has 0 spiro atoms. The highest BCUT2D eigenvalue weighted by molar-refractivity contribution is 5.90. The molecule has 0 radical (unpaired) electrons. The van der Waals surface area contributed by atoms with E-state index in [0.717, 1.165) is 0 Å². The molecule has 0 aliphatic heterocycles. The van der Waals surface area contributed by atoms with E-state index in [9.17, 15) is 4.79 Å². The van der Waals surface area contributed by atoms with Gasteiger partial charge < -0.3 is 10.4 Å². The second-order valence-electron chi connectivity index (χ2n) is 3.10. The van der Waals surface area contributed by atoms with Gasteiger partial charge in [0.05, 0.1) is 0 Å². The summed E-state index contributed by atoms with van der Waals surface area (Å²) in [6, 6.07) is 6.19. The molecule has 7 nitrogen and oxygen atoms in total.